The van der Waals surface area contributed by atoms with Gasteiger partial charge in [-0.1, -0.05) is 19.3 Å². The van der Waals surface area contributed by atoms with E-state index in [4.69, 9.17) is 5.11 Å². The van der Waals surface area contributed by atoms with E-state index in [-0.39, 0.29) is 36.1 Å². The van der Waals surface area contributed by atoms with Crippen LogP contribution in [-0.2, 0) is 14.6 Å². The molecule has 2 saturated heterocycles. The minimum Gasteiger partial charge on any atom is -0.395 e. The third-order valence-electron chi connectivity index (χ3n) is 6.10. The van der Waals surface area contributed by atoms with Crippen molar-refractivity contribution >= 4 is 15.7 Å². The van der Waals surface area contributed by atoms with Crippen LogP contribution >= 0.6 is 0 Å². The second-order valence-corrected chi connectivity index (χ2v) is 10.2. The molecule has 0 bridgehead atoms. The van der Waals surface area contributed by atoms with Gasteiger partial charge in [-0.05, 0) is 19.3 Å². The van der Waals surface area contributed by atoms with Crippen LogP contribution < -0.4 is 0 Å². The van der Waals surface area contributed by atoms with E-state index >= 15 is 0 Å². The van der Waals surface area contributed by atoms with Crippen molar-refractivity contribution < 1.29 is 18.3 Å². The molecule has 2 heterocycles. The lowest BCUT2D eigenvalue weighted by molar-refractivity contribution is -0.138. The maximum absolute atomic E-state index is 13.2. The summed E-state index contributed by atoms with van der Waals surface area (Å²) < 4.78 is 23.9. The Morgan fingerprint density at radius 3 is 2.19 bits per heavy atom. The molecule has 8 heteroatoms. The Morgan fingerprint density at radius 1 is 0.962 bits per heavy atom. The van der Waals surface area contributed by atoms with E-state index < -0.39 is 9.84 Å². The molecule has 1 amide bonds. The van der Waals surface area contributed by atoms with Crippen LogP contribution in [0.15, 0.2) is 0 Å². The Labute approximate surface area is 157 Å². The summed E-state index contributed by atoms with van der Waals surface area (Å²) in [6.07, 6.45) is 6.09. The van der Waals surface area contributed by atoms with E-state index in [0.717, 1.165) is 51.9 Å². The Hall–Kier alpha value is -0.700. The van der Waals surface area contributed by atoms with Crippen molar-refractivity contribution in [1.82, 2.24) is 14.7 Å². The van der Waals surface area contributed by atoms with E-state index in [1.165, 1.54) is 6.42 Å². The molecular formula is C18H33N3O4S. The Balaban J connectivity index is 1.61. The molecule has 3 fully saturated rings. The van der Waals surface area contributed by atoms with Crippen molar-refractivity contribution in [2.45, 2.75) is 50.6 Å². The molecule has 3 aliphatic rings. The fourth-order valence-electron chi connectivity index (χ4n) is 4.64. The molecule has 1 aliphatic carbocycles. The highest BCUT2D eigenvalue weighted by molar-refractivity contribution is 7.91. The van der Waals surface area contributed by atoms with E-state index in [1.807, 2.05) is 4.90 Å². The predicted molar refractivity (Wildman–Crippen MR) is 101 cm³/mol. The van der Waals surface area contributed by atoms with E-state index in [9.17, 15) is 13.2 Å². The van der Waals surface area contributed by atoms with Crippen molar-refractivity contribution in [3.8, 4) is 0 Å². The summed E-state index contributed by atoms with van der Waals surface area (Å²) in [6, 6.07) is 0.0801. The highest BCUT2D eigenvalue weighted by Crippen LogP contribution is 2.28. The van der Waals surface area contributed by atoms with Crippen molar-refractivity contribution in [2.24, 2.45) is 0 Å². The van der Waals surface area contributed by atoms with Crippen LogP contribution in [0.4, 0.5) is 0 Å². The molecule has 150 valence electrons. The fraction of sp³-hybridized carbons (Fsp3) is 0.944. The molecule has 0 radical (unpaired) electrons. The van der Waals surface area contributed by atoms with Gasteiger partial charge in [-0.25, -0.2) is 8.42 Å². The predicted octanol–water partition coefficient (Wildman–Crippen LogP) is -0.0553. The summed E-state index contributed by atoms with van der Waals surface area (Å²) in [5.74, 6) is 0.461. The number of carbonyl (C=O) groups excluding carboxylic acids is 1. The molecule has 26 heavy (non-hydrogen) atoms. The standard InChI is InChI=1S/C18H33N3O4S/c22-12-11-19-7-9-20(10-8-19)14-18(23)21(16-4-2-1-3-5-16)17-6-13-26(24,25)15-17/h16-17,22H,1-15H2. The number of aliphatic hydroxyl groups is 1. The third kappa shape index (κ3) is 5.18. The van der Waals surface area contributed by atoms with Crippen molar-refractivity contribution in [1.29, 1.82) is 0 Å². The van der Waals surface area contributed by atoms with Crippen LogP contribution in [0.5, 0.6) is 0 Å². The van der Waals surface area contributed by atoms with Gasteiger partial charge in [0.15, 0.2) is 9.84 Å². The lowest BCUT2D eigenvalue weighted by Gasteiger charge is -2.40. The van der Waals surface area contributed by atoms with Crippen LogP contribution in [0.25, 0.3) is 0 Å². The number of β-amino-alcohol motifs (C(OH)–C–C–N with tert-alkyl or cyclic N) is 1. The van der Waals surface area contributed by atoms with E-state index in [1.54, 1.807) is 0 Å². The third-order valence-corrected chi connectivity index (χ3v) is 7.85. The minimum atomic E-state index is -3.00. The van der Waals surface area contributed by atoms with Crippen molar-refractivity contribution in [3.63, 3.8) is 0 Å². The maximum Gasteiger partial charge on any atom is 0.237 e. The number of hydrogen-bond acceptors (Lipinski definition) is 6. The summed E-state index contributed by atoms with van der Waals surface area (Å²) in [6.45, 7) is 4.64. The monoisotopic (exact) mass is 387 g/mol. The van der Waals surface area contributed by atoms with Crippen LogP contribution in [0.1, 0.15) is 38.5 Å². The lowest BCUT2D eigenvalue weighted by atomic mass is 9.92. The van der Waals surface area contributed by atoms with Gasteiger partial charge in [-0.15, -0.1) is 0 Å². The Bertz CT molecular complexity index is 569. The quantitative estimate of drug-likeness (QED) is 0.688. The lowest BCUT2D eigenvalue weighted by Crippen LogP contribution is -2.54. The zero-order valence-corrected chi connectivity index (χ0v) is 16.5. The number of nitrogens with zero attached hydrogens (tertiary/aromatic N) is 3. The number of hydrogen-bond donors (Lipinski definition) is 1. The average Bonchev–Trinajstić information content (AvgIpc) is 2.97. The summed E-state index contributed by atoms with van der Waals surface area (Å²) in [7, 11) is -3.00. The van der Waals surface area contributed by atoms with Gasteiger partial charge >= 0.3 is 0 Å². The smallest absolute Gasteiger partial charge is 0.237 e. The first kappa shape index (κ1) is 20.0. The average molecular weight is 388 g/mol. The molecule has 1 saturated carbocycles. The molecule has 0 aromatic rings. The number of rotatable bonds is 6. The Morgan fingerprint density at radius 2 is 1.62 bits per heavy atom. The van der Waals surface area contributed by atoms with Gasteiger partial charge in [-0.2, -0.15) is 0 Å². The second kappa shape index (κ2) is 8.99. The second-order valence-electron chi connectivity index (χ2n) is 7.99. The minimum absolute atomic E-state index is 0.106. The highest BCUT2D eigenvalue weighted by atomic mass is 32.2. The van der Waals surface area contributed by atoms with Gasteiger partial charge in [0.05, 0.1) is 24.7 Å². The first-order valence-electron chi connectivity index (χ1n) is 10.1. The van der Waals surface area contributed by atoms with E-state index in [0.29, 0.717) is 19.5 Å². The summed E-state index contributed by atoms with van der Waals surface area (Å²) in [4.78, 5) is 19.5. The van der Waals surface area contributed by atoms with E-state index in [2.05, 4.69) is 9.80 Å². The van der Waals surface area contributed by atoms with Gasteiger partial charge < -0.3 is 10.0 Å². The first-order valence-corrected chi connectivity index (χ1v) is 11.9. The zero-order chi connectivity index (χ0) is 18.6. The zero-order valence-electron chi connectivity index (χ0n) is 15.7. The molecule has 0 spiro atoms. The van der Waals surface area contributed by atoms with Crippen molar-refractivity contribution in [3.05, 3.63) is 0 Å². The molecule has 0 aromatic heterocycles. The Kier molecular flexibility index (Phi) is 6.93. The molecule has 0 aromatic carbocycles. The highest BCUT2D eigenvalue weighted by Gasteiger charge is 2.38. The number of aliphatic hydroxyl groups excluding tert-OH is 1. The van der Waals surface area contributed by atoms with Crippen molar-refractivity contribution in [2.75, 3.05) is 57.4 Å². The SMILES string of the molecule is O=C(CN1CCN(CCO)CC1)N(C1CCCCC1)C1CCS(=O)(=O)C1. The largest absolute Gasteiger partial charge is 0.395 e. The van der Waals surface area contributed by atoms with Gasteiger partial charge in [0, 0.05) is 44.8 Å². The molecule has 1 unspecified atom stereocenters. The van der Waals surface area contributed by atoms with Gasteiger partial charge in [0.2, 0.25) is 5.91 Å². The van der Waals surface area contributed by atoms with Crippen LogP contribution in [-0.4, -0.2) is 104 Å². The molecule has 1 atom stereocenters. The number of sulfone groups is 1. The normalized spacial score (nSPS) is 28.3. The fourth-order valence-corrected chi connectivity index (χ4v) is 6.36. The van der Waals surface area contributed by atoms with Crippen LogP contribution in [0, 0.1) is 0 Å². The summed E-state index contributed by atoms with van der Waals surface area (Å²) in [5.41, 5.74) is 0. The molecule has 2 aliphatic heterocycles. The van der Waals surface area contributed by atoms with Crippen LogP contribution in [0.2, 0.25) is 0 Å². The first-order chi connectivity index (χ1) is 12.5. The summed E-state index contributed by atoms with van der Waals surface area (Å²) in [5, 5.41) is 9.05. The number of amides is 1. The molecule has 7 nitrogen and oxygen atoms in total. The number of piperazine rings is 1. The molecule has 3 rings (SSSR count). The van der Waals surface area contributed by atoms with Crippen LogP contribution in [0.3, 0.4) is 0 Å². The maximum atomic E-state index is 13.2. The summed E-state index contributed by atoms with van der Waals surface area (Å²) >= 11 is 0. The van der Waals surface area contributed by atoms with Gasteiger partial charge in [0.25, 0.3) is 0 Å². The van der Waals surface area contributed by atoms with Gasteiger partial charge in [-0.3, -0.25) is 14.6 Å². The van der Waals surface area contributed by atoms with Gasteiger partial charge in [0.1, 0.15) is 0 Å². The molecular weight excluding hydrogens is 354 g/mol. The molecule has 1 N–H and O–H groups in total. The number of carbonyl (C=O) groups is 1. The topological polar surface area (TPSA) is 81.2 Å².